The average Bonchev–Trinajstić information content (AvgIpc) is 3.08. The molecule has 6 nitrogen and oxygen atoms in total. The van der Waals surface area contributed by atoms with Gasteiger partial charge in [0, 0.05) is 24.4 Å². The summed E-state index contributed by atoms with van der Waals surface area (Å²) < 4.78 is 27.2. The largest absolute Gasteiger partial charge is 0.284 e. The minimum Gasteiger partial charge on any atom is -0.258 e. The minimum atomic E-state index is -3.68. The molecule has 138 valence electrons. The van der Waals surface area contributed by atoms with Crippen molar-refractivity contribution in [3.05, 3.63) is 28.3 Å². The molecule has 0 aromatic heterocycles. The molecule has 0 unspecified atom stereocenters. The Labute approximate surface area is 153 Å². The van der Waals surface area contributed by atoms with E-state index in [2.05, 4.69) is 0 Å². The molecule has 1 aromatic rings. The van der Waals surface area contributed by atoms with Crippen molar-refractivity contribution in [1.29, 1.82) is 0 Å². The molecule has 8 heteroatoms. The Morgan fingerprint density at radius 2 is 1.92 bits per heavy atom. The molecular formula is C17H24N2O4S2. The first kappa shape index (κ1) is 18.7. The number of hydrogen-bond donors (Lipinski definition) is 0. The van der Waals surface area contributed by atoms with Gasteiger partial charge in [0.15, 0.2) is 0 Å². The summed E-state index contributed by atoms with van der Waals surface area (Å²) in [5.74, 6) is 0.315. The molecule has 25 heavy (non-hydrogen) atoms. The molecule has 0 N–H and O–H groups in total. The highest BCUT2D eigenvalue weighted by Crippen LogP contribution is 2.40. The second-order valence-corrected chi connectivity index (χ2v) is 10.3. The van der Waals surface area contributed by atoms with Gasteiger partial charge in [-0.3, -0.25) is 10.1 Å². The van der Waals surface area contributed by atoms with E-state index in [4.69, 9.17) is 0 Å². The minimum absolute atomic E-state index is 0.0315. The van der Waals surface area contributed by atoms with E-state index in [0.717, 1.165) is 38.5 Å². The molecule has 1 aliphatic carbocycles. The molecule has 0 spiro atoms. The van der Waals surface area contributed by atoms with Crippen molar-refractivity contribution in [3.63, 3.8) is 0 Å². The first-order valence-corrected chi connectivity index (χ1v) is 11.1. The van der Waals surface area contributed by atoms with Crippen LogP contribution in [0.3, 0.4) is 0 Å². The van der Waals surface area contributed by atoms with E-state index in [1.54, 1.807) is 6.07 Å². The molecule has 3 rings (SSSR count). The van der Waals surface area contributed by atoms with Gasteiger partial charge >= 0.3 is 0 Å². The fourth-order valence-electron chi connectivity index (χ4n) is 3.60. The fraction of sp³-hybridized carbons (Fsp3) is 0.647. The van der Waals surface area contributed by atoms with Gasteiger partial charge in [-0.25, -0.2) is 8.42 Å². The summed E-state index contributed by atoms with van der Waals surface area (Å²) in [5, 5.41) is 11.9. The summed E-state index contributed by atoms with van der Waals surface area (Å²) in [4.78, 5) is 11.6. The fourth-order valence-corrected chi connectivity index (χ4v) is 6.55. The predicted molar refractivity (Wildman–Crippen MR) is 98.4 cm³/mol. The Kier molecular flexibility index (Phi) is 5.70. The molecular weight excluding hydrogens is 360 g/mol. The van der Waals surface area contributed by atoms with Gasteiger partial charge in [0.05, 0.1) is 14.7 Å². The number of benzene rings is 1. The van der Waals surface area contributed by atoms with Crippen molar-refractivity contribution in [3.8, 4) is 0 Å². The summed E-state index contributed by atoms with van der Waals surface area (Å²) in [6.07, 6.45) is 6.29. The molecule has 1 saturated heterocycles. The third kappa shape index (κ3) is 4.17. The molecule has 0 amide bonds. The van der Waals surface area contributed by atoms with E-state index >= 15 is 0 Å². The van der Waals surface area contributed by atoms with Crippen LogP contribution in [0.15, 0.2) is 28.0 Å². The number of nitrogens with zero attached hydrogens (tertiary/aromatic N) is 2. The lowest BCUT2D eigenvalue weighted by Crippen LogP contribution is -2.39. The average molecular weight is 385 g/mol. The van der Waals surface area contributed by atoms with Crippen LogP contribution in [-0.4, -0.2) is 36.0 Å². The Balaban J connectivity index is 1.88. The number of nitro benzene ring substituents is 1. The standard InChI is InChI=1S/C17H24N2O4S2/c1-13-5-4-10-18(12-13)25(22,23)15-8-9-17(16(11-15)19(20)21)24-14-6-2-3-7-14/h8-9,11,13-14H,2-7,10,12H2,1H3/t13-/m0/s1. The van der Waals surface area contributed by atoms with Gasteiger partial charge in [-0.05, 0) is 43.7 Å². The lowest BCUT2D eigenvalue weighted by molar-refractivity contribution is -0.388. The topological polar surface area (TPSA) is 80.5 Å². The second-order valence-electron chi connectivity index (χ2n) is 7.02. The van der Waals surface area contributed by atoms with Gasteiger partial charge < -0.3 is 0 Å². The monoisotopic (exact) mass is 384 g/mol. The van der Waals surface area contributed by atoms with Crippen LogP contribution in [0.25, 0.3) is 0 Å². The molecule has 1 aromatic carbocycles. The van der Waals surface area contributed by atoms with E-state index in [1.165, 1.54) is 28.2 Å². The number of hydrogen-bond acceptors (Lipinski definition) is 5. The van der Waals surface area contributed by atoms with Crippen LogP contribution in [0.4, 0.5) is 5.69 Å². The lowest BCUT2D eigenvalue weighted by atomic mass is 10.0. The van der Waals surface area contributed by atoms with Crippen LogP contribution in [0.5, 0.6) is 0 Å². The highest BCUT2D eigenvalue weighted by Gasteiger charge is 2.31. The Morgan fingerprint density at radius 1 is 1.20 bits per heavy atom. The van der Waals surface area contributed by atoms with Crippen molar-refractivity contribution in [2.24, 2.45) is 5.92 Å². The summed E-state index contributed by atoms with van der Waals surface area (Å²) in [5.41, 5.74) is -0.0944. The molecule has 1 atom stereocenters. The van der Waals surface area contributed by atoms with E-state index in [0.29, 0.717) is 29.2 Å². The number of nitro groups is 1. The molecule has 1 saturated carbocycles. The van der Waals surface area contributed by atoms with Crippen LogP contribution in [0.1, 0.15) is 45.4 Å². The van der Waals surface area contributed by atoms with Crippen LogP contribution in [0.2, 0.25) is 0 Å². The summed E-state index contributed by atoms with van der Waals surface area (Å²) >= 11 is 1.51. The Bertz CT molecular complexity index is 745. The zero-order chi connectivity index (χ0) is 18.0. The normalized spacial score (nSPS) is 23.0. The number of sulfonamides is 1. The van der Waals surface area contributed by atoms with Gasteiger partial charge in [-0.1, -0.05) is 19.8 Å². The number of piperidine rings is 1. The molecule has 0 radical (unpaired) electrons. The zero-order valence-electron chi connectivity index (χ0n) is 14.4. The zero-order valence-corrected chi connectivity index (χ0v) is 16.0. The molecule has 1 aliphatic heterocycles. The van der Waals surface area contributed by atoms with E-state index in [9.17, 15) is 18.5 Å². The van der Waals surface area contributed by atoms with E-state index in [1.807, 2.05) is 6.92 Å². The van der Waals surface area contributed by atoms with Crippen LogP contribution >= 0.6 is 11.8 Å². The van der Waals surface area contributed by atoms with Gasteiger partial charge in [-0.2, -0.15) is 4.31 Å². The van der Waals surface area contributed by atoms with Gasteiger partial charge in [0.2, 0.25) is 10.0 Å². The highest BCUT2D eigenvalue weighted by atomic mass is 32.2. The lowest BCUT2D eigenvalue weighted by Gasteiger charge is -2.30. The van der Waals surface area contributed by atoms with Gasteiger partial charge in [0.1, 0.15) is 0 Å². The summed E-state index contributed by atoms with van der Waals surface area (Å²) in [6, 6.07) is 4.38. The number of rotatable bonds is 5. The smallest absolute Gasteiger partial charge is 0.258 e. The maximum absolute atomic E-state index is 12.9. The third-order valence-electron chi connectivity index (χ3n) is 4.98. The Hall–Kier alpha value is -1.12. The van der Waals surface area contributed by atoms with Crippen molar-refractivity contribution < 1.29 is 13.3 Å². The molecule has 0 bridgehead atoms. The predicted octanol–water partition coefficient (Wildman–Crippen LogP) is 4.05. The van der Waals surface area contributed by atoms with E-state index < -0.39 is 14.9 Å². The van der Waals surface area contributed by atoms with Gasteiger partial charge in [-0.15, -0.1) is 11.8 Å². The van der Waals surface area contributed by atoms with Crippen LogP contribution < -0.4 is 0 Å². The second kappa shape index (κ2) is 7.63. The molecule has 1 heterocycles. The van der Waals surface area contributed by atoms with Crippen molar-refractivity contribution in [1.82, 2.24) is 4.31 Å². The third-order valence-corrected chi connectivity index (χ3v) is 8.25. The van der Waals surface area contributed by atoms with Crippen molar-refractivity contribution >= 4 is 27.5 Å². The quantitative estimate of drug-likeness (QED) is 0.565. The van der Waals surface area contributed by atoms with Gasteiger partial charge in [0.25, 0.3) is 5.69 Å². The maximum Gasteiger partial charge on any atom is 0.284 e. The maximum atomic E-state index is 12.9. The SMILES string of the molecule is C[C@H]1CCCN(S(=O)(=O)c2ccc(SC3CCCC3)c([N+](=O)[O-])c2)C1. The Morgan fingerprint density at radius 3 is 2.56 bits per heavy atom. The van der Waals surface area contributed by atoms with Crippen molar-refractivity contribution in [2.45, 2.75) is 60.5 Å². The summed E-state index contributed by atoms with van der Waals surface area (Å²) in [7, 11) is -3.68. The molecule has 2 aliphatic rings. The first-order chi connectivity index (χ1) is 11.9. The van der Waals surface area contributed by atoms with Crippen LogP contribution in [0, 0.1) is 16.0 Å². The van der Waals surface area contributed by atoms with Crippen molar-refractivity contribution in [2.75, 3.05) is 13.1 Å². The highest BCUT2D eigenvalue weighted by molar-refractivity contribution is 8.00. The molecule has 2 fully saturated rings. The summed E-state index contributed by atoms with van der Waals surface area (Å²) in [6.45, 7) is 3.00. The first-order valence-electron chi connectivity index (χ1n) is 8.83. The van der Waals surface area contributed by atoms with E-state index in [-0.39, 0.29) is 10.6 Å². The van der Waals surface area contributed by atoms with Crippen LogP contribution in [-0.2, 0) is 10.0 Å². The number of thioether (sulfide) groups is 1.